The van der Waals surface area contributed by atoms with Crippen LogP contribution in [-0.2, 0) is 14.4 Å². The lowest BCUT2D eigenvalue weighted by Gasteiger charge is -1.98. The van der Waals surface area contributed by atoms with Crippen molar-refractivity contribution in [1.82, 2.24) is 0 Å². The van der Waals surface area contributed by atoms with E-state index in [4.69, 9.17) is 0 Å². The largest absolute Gasteiger partial charge is 0.541 e. The van der Waals surface area contributed by atoms with Crippen LogP contribution in [0.15, 0.2) is 0 Å². The number of carboxylic acid groups (broad SMARTS) is 1. The first-order valence-corrected chi connectivity index (χ1v) is 3.38. The summed E-state index contributed by atoms with van der Waals surface area (Å²) in [6, 6.07) is 0. The Morgan fingerprint density at radius 3 is 2.18 bits per heavy atom. The molecular weight excluding hydrogens is 148 g/mol. The predicted octanol–water partition coefficient (Wildman–Crippen LogP) is -0.935. The Morgan fingerprint density at radius 1 is 1.27 bits per heavy atom. The van der Waals surface area contributed by atoms with Crippen LogP contribution in [0.5, 0.6) is 0 Å². The number of ketones is 2. The zero-order valence-corrected chi connectivity index (χ0v) is 6.25. The molecule has 0 aromatic heterocycles. The molecule has 62 valence electrons. The molecule has 0 heterocycles. The molecule has 0 saturated heterocycles. The molecule has 0 aliphatic heterocycles. The van der Waals surface area contributed by atoms with Crippen molar-refractivity contribution in [3.8, 4) is 0 Å². The van der Waals surface area contributed by atoms with Gasteiger partial charge < -0.3 is 9.90 Å². The lowest BCUT2D eigenvalue weighted by Crippen LogP contribution is -2.36. The summed E-state index contributed by atoms with van der Waals surface area (Å²) in [5.41, 5.74) is 0. The first-order valence-electron chi connectivity index (χ1n) is 3.38. The van der Waals surface area contributed by atoms with E-state index in [-0.39, 0.29) is 6.42 Å². The second-order valence-corrected chi connectivity index (χ2v) is 2.14. The first kappa shape index (κ1) is 9.81. The highest BCUT2D eigenvalue weighted by molar-refractivity contribution is 6.61. The Balaban J connectivity index is 3.84. The quantitative estimate of drug-likeness (QED) is 0.381. The van der Waals surface area contributed by atoms with Gasteiger partial charge in [-0.25, -0.2) is 0 Å². The van der Waals surface area contributed by atoms with E-state index in [0.29, 0.717) is 6.42 Å². The van der Waals surface area contributed by atoms with Crippen molar-refractivity contribution in [2.75, 3.05) is 0 Å². The molecule has 4 nitrogen and oxygen atoms in total. The first-order chi connectivity index (χ1) is 5.09. The summed E-state index contributed by atoms with van der Waals surface area (Å²) >= 11 is 0. The Hall–Kier alpha value is -1.19. The molecular formula is C7H9O4-. The summed E-state index contributed by atoms with van der Waals surface area (Å²) in [6.45, 7) is 1.84. The van der Waals surface area contributed by atoms with Gasteiger partial charge in [-0.3, -0.25) is 9.59 Å². The van der Waals surface area contributed by atoms with Crippen LogP contribution in [-0.4, -0.2) is 17.5 Å². The molecule has 0 aromatic rings. The zero-order chi connectivity index (χ0) is 8.85. The molecule has 0 bridgehead atoms. The number of hydrogen-bond acceptors (Lipinski definition) is 4. The third kappa shape index (κ3) is 3.50. The van der Waals surface area contributed by atoms with Crippen molar-refractivity contribution in [2.45, 2.75) is 26.2 Å². The van der Waals surface area contributed by atoms with Crippen molar-refractivity contribution < 1.29 is 19.5 Å². The summed E-state index contributed by atoms with van der Waals surface area (Å²) in [4.78, 5) is 30.7. The van der Waals surface area contributed by atoms with Crippen molar-refractivity contribution in [2.24, 2.45) is 0 Å². The van der Waals surface area contributed by atoms with Gasteiger partial charge in [-0.05, 0) is 6.42 Å². The van der Waals surface area contributed by atoms with Gasteiger partial charge in [0.05, 0.1) is 0 Å². The van der Waals surface area contributed by atoms with Gasteiger partial charge in [0.1, 0.15) is 5.97 Å². The van der Waals surface area contributed by atoms with Crippen LogP contribution in [0.25, 0.3) is 0 Å². The van der Waals surface area contributed by atoms with Gasteiger partial charge in [-0.15, -0.1) is 0 Å². The number of carboxylic acids is 1. The van der Waals surface area contributed by atoms with E-state index in [1.165, 1.54) is 0 Å². The monoisotopic (exact) mass is 157 g/mol. The molecule has 0 aliphatic rings. The second-order valence-electron chi connectivity index (χ2n) is 2.14. The molecule has 0 amide bonds. The van der Waals surface area contributed by atoms with Crippen molar-refractivity contribution in [3.05, 3.63) is 0 Å². The molecule has 0 atom stereocenters. The Morgan fingerprint density at radius 2 is 1.82 bits per heavy atom. The predicted molar refractivity (Wildman–Crippen MR) is 34.5 cm³/mol. The Bertz CT molecular complexity index is 183. The van der Waals surface area contributed by atoms with Gasteiger partial charge in [-0.1, -0.05) is 13.3 Å². The minimum absolute atomic E-state index is 0.00329. The third-order valence-corrected chi connectivity index (χ3v) is 1.20. The fourth-order valence-corrected chi connectivity index (χ4v) is 0.565. The minimum atomic E-state index is -1.91. The van der Waals surface area contributed by atoms with Crippen molar-refractivity contribution in [1.29, 1.82) is 0 Å². The maximum atomic E-state index is 10.6. The zero-order valence-electron chi connectivity index (χ0n) is 6.25. The number of rotatable bonds is 5. The molecule has 0 saturated carbocycles. The summed E-state index contributed by atoms with van der Waals surface area (Å²) in [7, 11) is 0. The second kappa shape index (κ2) is 4.60. The normalized spacial score (nSPS) is 9.18. The number of unbranched alkanes of at least 4 members (excludes halogenated alkanes) is 1. The van der Waals surface area contributed by atoms with E-state index in [1.807, 2.05) is 6.92 Å². The third-order valence-electron chi connectivity index (χ3n) is 1.20. The van der Waals surface area contributed by atoms with Crippen molar-refractivity contribution in [3.63, 3.8) is 0 Å². The number of carbonyl (C=O) groups is 3. The topological polar surface area (TPSA) is 74.3 Å². The number of carbonyl (C=O) groups excluding carboxylic acids is 3. The summed E-state index contributed by atoms with van der Waals surface area (Å²) in [5, 5.41) is 9.82. The van der Waals surface area contributed by atoms with E-state index < -0.39 is 17.5 Å². The molecule has 0 rings (SSSR count). The summed E-state index contributed by atoms with van der Waals surface area (Å²) in [5.74, 6) is -4.20. The number of hydrogen-bond donors (Lipinski definition) is 0. The van der Waals surface area contributed by atoms with Crippen LogP contribution in [0.4, 0.5) is 0 Å². The molecule has 0 radical (unpaired) electrons. The van der Waals surface area contributed by atoms with E-state index in [9.17, 15) is 19.5 Å². The maximum Gasteiger partial charge on any atom is 0.243 e. The van der Waals surface area contributed by atoms with Gasteiger partial charge in [0, 0.05) is 6.42 Å². The van der Waals surface area contributed by atoms with Gasteiger partial charge in [0.25, 0.3) is 0 Å². The molecule has 0 aromatic carbocycles. The van der Waals surface area contributed by atoms with E-state index in [2.05, 4.69) is 0 Å². The highest BCUT2D eigenvalue weighted by Crippen LogP contribution is 1.95. The smallest absolute Gasteiger partial charge is 0.243 e. The van der Waals surface area contributed by atoms with Gasteiger partial charge in [0.15, 0.2) is 0 Å². The SMILES string of the molecule is CCCCC(=O)C(=O)C(=O)[O-]. The van der Waals surface area contributed by atoms with Gasteiger partial charge in [-0.2, -0.15) is 0 Å². The lowest BCUT2D eigenvalue weighted by atomic mass is 10.1. The fourth-order valence-electron chi connectivity index (χ4n) is 0.565. The van der Waals surface area contributed by atoms with E-state index in [0.717, 1.165) is 6.42 Å². The highest BCUT2D eigenvalue weighted by atomic mass is 16.4. The van der Waals surface area contributed by atoms with Crippen molar-refractivity contribution >= 4 is 17.5 Å². The summed E-state index contributed by atoms with van der Waals surface area (Å²) in [6.07, 6.45) is 1.30. The molecule has 0 unspecified atom stereocenters. The molecule has 11 heavy (non-hydrogen) atoms. The lowest BCUT2D eigenvalue weighted by molar-refractivity contribution is -0.299. The van der Waals surface area contributed by atoms with E-state index in [1.54, 1.807) is 0 Å². The van der Waals surface area contributed by atoms with Gasteiger partial charge in [0.2, 0.25) is 11.6 Å². The van der Waals surface area contributed by atoms with Crippen LogP contribution in [0.1, 0.15) is 26.2 Å². The van der Waals surface area contributed by atoms with Crippen LogP contribution in [0, 0.1) is 0 Å². The number of Topliss-reactive ketones (excluding diaryl/α,β-unsaturated/α-hetero) is 2. The molecule has 0 N–H and O–H groups in total. The highest BCUT2D eigenvalue weighted by Gasteiger charge is 2.12. The molecule has 4 heteroatoms. The van der Waals surface area contributed by atoms with Gasteiger partial charge >= 0.3 is 0 Å². The number of aliphatic carboxylic acids is 1. The fraction of sp³-hybridized carbons (Fsp3) is 0.571. The van der Waals surface area contributed by atoms with Crippen LogP contribution < -0.4 is 5.11 Å². The van der Waals surface area contributed by atoms with Crippen LogP contribution in [0.3, 0.4) is 0 Å². The molecule has 0 fully saturated rings. The van der Waals surface area contributed by atoms with Crippen LogP contribution >= 0.6 is 0 Å². The maximum absolute atomic E-state index is 10.6. The molecule has 0 spiro atoms. The Labute approximate surface area is 64.2 Å². The molecule has 0 aliphatic carbocycles. The Kier molecular flexibility index (Phi) is 4.10. The van der Waals surface area contributed by atoms with Crippen LogP contribution in [0.2, 0.25) is 0 Å². The minimum Gasteiger partial charge on any atom is -0.541 e. The summed E-state index contributed by atoms with van der Waals surface area (Å²) < 4.78 is 0. The van der Waals surface area contributed by atoms with E-state index >= 15 is 0 Å². The average Bonchev–Trinajstić information content (AvgIpc) is 1.98. The standard InChI is InChI=1S/C7H10O4/c1-2-3-4-5(8)6(9)7(10)11/h2-4H2,1H3,(H,10,11)/p-1. The average molecular weight is 157 g/mol.